The number of carbonyl (C=O) groups is 1. The van der Waals surface area contributed by atoms with Crippen LogP contribution < -0.4 is 5.32 Å². The molecule has 1 atom stereocenters. The van der Waals surface area contributed by atoms with E-state index in [0.29, 0.717) is 5.78 Å². The zero-order valence-corrected chi connectivity index (χ0v) is 13.9. The Balaban J connectivity index is 1.99. The molecule has 22 heavy (non-hydrogen) atoms. The zero-order chi connectivity index (χ0) is 16.1. The molecule has 0 saturated carbocycles. The molecule has 2 heterocycles. The van der Waals surface area contributed by atoms with Gasteiger partial charge in [-0.05, 0) is 33.3 Å². The van der Waals surface area contributed by atoms with Crippen molar-refractivity contribution in [2.75, 3.05) is 0 Å². The standard InChI is InChI=1S/C16H25N5O/c1-5-6-7-8-9-11(2)17-15(22)14-19-16-18-12(3)10-13(4)21(16)20-14/h10-11H,5-9H2,1-4H3,(H,17,22)/t11-/m0/s1. The molecule has 2 rings (SSSR count). The van der Waals surface area contributed by atoms with Gasteiger partial charge in [0.2, 0.25) is 5.82 Å². The molecule has 0 aliphatic heterocycles. The second kappa shape index (κ2) is 7.33. The van der Waals surface area contributed by atoms with Crippen molar-refractivity contribution in [3.63, 3.8) is 0 Å². The average Bonchev–Trinajstić information content (AvgIpc) is 2.88. The summed E-state index contributed by atoms with van der Waals surface area (Å²) in [4.78, 5) is 20.8. The number of hydrogen-bond acceptors (Lipinski definition) is 4. The number of nitrogens with one attached hydrogen (secondary N) is 1. The number of hydrogen-bond donors (Lipinski definition) is 1. The Bertz CT molecular complexity index is 649. The molecule has 6 heteroatoms. The molecule has 6 nitrogen and oxygen atoms in total. The normalized spacial score (nSPS) is 12.5. The number of aryl methyl sites for hydroxylation is 2. The summed E-state index contributed by atoms with van der Waals surface area (Å²) < 4.78 is 1.60. The van der Waals surface area contributed by atoms with Crippen molar-refractivity contribution in [1.82, 2.24) is 24.9 Å². The monoisotopic (exact) mass is 303 g/mol. The van der Waals surface area contributed by atoms with Gasteiger partial charge in [-0.2, -0.15) is 4.98 Å². The molecule has 1 N–H and O–H groups in total. The predicted octanol–water partition coefficient (Wildman–Crippen LogP) is 2.83. The summed E-state index contributed by atoms with van der Waals surface area (Å²) in [6.45, 7) is 8.04. The molecule has 0 bridgehead atoms. The lowest BCUT2D eigenvalue weighted by Crippen LogP contribution is -2.33. The summed E-state index contributed by atoms with van der Waals surface area (Å²) in [5.74, 6) is 0.422. The maximum atomic E-state index is 12.2. The molecule has 0 aliphatic carbocycles. The second-order valence-corrected chi connectivity index (χ2v) is 5.91. The highest BCUT2D eigenvalue weighted by molar-refractivity contribution is 5.91. The Morgan fingerprint density at radius 2 is 2.05 bits per heavy atom. The fourth-order valence-corrected chi connectivity index (χ4v) is 2.50. The van der Waals surface area contributed by atoms with Crippen LogP contribution in [-0.2, 0) is 0 Å². The highest BCUT2D eigenvalue weighted by Gasteiger charge is 2.16. The highest BCUT2D eigenvalue weighted by atomic mass is 16.2. The van der Waals surface area contributed by atoms with E-state index in [9.17, 15) is 4.79 Å². The van der Waals surface area contributed by atoms with E-state index in [1.807, 2.05) is 26.8 Å². The molecule has 0 aliphatic rings. The fraction of sp³-hybridized carbons (Fsp3) is 0.625. The molecule has 0 unspecified atom stereocenters. The fourth-order valence-electron chi connectivity index (χ4n) is 2.50. The van der Waals surface area contributed by atoms with Crippen LogP contribution >= 0.6 is 0 Å². The third kappa shape index (κ3) is 4.02. The first-order valence-electron chi connectivity index (χ1n) is 8.03. The lowest BCUT2D eigenvalue weighted by molar-refractivity contribution is 0.0927. The van der Waals surface area contributed by atoms with Crippen molar-refractivity contribution in [1.29, 1.82) is 0 Å². The van der Waals surface area contributed by atoms with Gasteiger partial charge in [0.05, 0.1) is 0 Å². The van der Waals surface area contributed by atoms with Gasteiger partial charge in [-0.1, -0.05) is 32.6 Å². The van der Waals surface area contributed by atoms with E-state index in [2.05, 4.69) is 27.3 Å². The Kier molecular flexibility index (Phi) is 5.46. The molecule has 2 aromatic heterocycles. The topological polar surface area (TPSA) is 72.2 Å². The van der Waals surface area contributed by atoms with Crippen LogP contribution in [0.1, 0.15) is 68.0 Å². The van der Waals surface area contributed by atoms with E-state index < -0.39 is 0 Å². The Morgan fingerprint density at radius 3 is 2.77 bits per heavy atom. The van der Waals surface area contributed by atoms with E-state index in [-0.39, 0.29) is 17.8 Å². The van der Waals surface area contributed by atoms with Crippen molar-refractivity contribution in [2.24, 2.45) is 0 Å². The van der Waals surface area contributed by atoms with E-state index in [1.165, 1.54) is 19.3 Å². The molecule has 1 amide bonds. The van der Waals surface area contributed by atoms with Gasteiger partial charge >= 0.3 is 0 Å². The van der Waals surface area contributed by atoms with E-state index in [4.69, 9.17) is 0 Å². The van der Waals surface area contributed by atoms with Crippen LogP contribution in [0, 0.1) is 13.8 Å². The molecule has 0 aromatic carbocycles. The SMILES string of the molecule is CCCCCC[C@H](C)NC(=O)c1nc2nc(C)cc(C)n2n1. The Hall–Kier alpha value is -1.98. The summed E-state index contributed by atoms with van der Waals surface area (Å²) >= 11 is 0. The molecule has 0 saturated heterocycles. The third-order valence-corrected chi connectivity index (χ3v) is 3.69. The number of carbonyl (C=O) groups excluding carboxylic acids is 1. The van der Waals surface area contributed by atoms with Gasteiger partial charge in [-0.25, -0.2) is 9.50 Å². The quantitative estimate of drug-likeness (QED) is 0.798. The van der Waals surface area contributed by atoms with Gasteiger partial charge in [-0.3, -0.25) is 4.79 Å². The number of nitrogens with zero attached hydrogens (tertiary/aromatic N) is 4. The number of amides is 1. The lowest BCUT2D eigenvalue weighted by atomic mass is 10.1. The van der Waals surface area contributed by atoms with Gasteiger partial charge in [0.1, 0.15) is 0 Å². The summed E-state index contributed by atoms with van der Waals surface area (Å²) in [7, 11) is 0. The van der Waals surface area contributed by atoms with Crippen LogP contribution in [-0.4, -0.2) is 31.5 Å². The maximum Gasteiger partial charge on any atom is 0.291 e. The van der Waals surface area contributed by atoms with Gasteiger partial charge in [0.15, 0.2) is 0 Å². The molecule has 120 valence electrons. The minimum Gasteiger partial charge on any atom is -0.347 e. The van der Waals surface area contributed by atoms with Crippen LogP contribution in [0.15, 0.2) is 6.07 Å². The third-order valence-electron chi connectivity index (χ3n) is 3.69. The number of unbranched alkanes of at least 4 members (excludes halogenated alkanes) is 3. The largest absolute Gasteiger partial charge is 0.347 e. The zero-order valence-electron chi connectivity index (χ0n) is 13.9. The Morgan fingerprint density at radius 1 is 1.27 bits per heavy atom. The van der Waals surface area contributed by atoms with Crippen LogP contribution in [0.4, 0.5) is 0 Å². The summed E-state index contributed by atoms with van der Waals surface area (Å²) in [6.07, 6.45) is 5.80. The molecule has 2 aromatic rings. The lowest BCUT2D eigenvalue weighted by Gasteiger charge is -2.11. The molecular formula is C16H25N5O. The molecule has 0 spiro atoms. The van der Waals surface area contributed by atoms with Crippen molar-refractivity contribution < 1.29 is 4.79 Å². The van der Waals surface area contributed by atoms with Crippen LogP contribution in [0.5, 0.6) is 0 Å². The van der Waals surface area contributed by atoms with E-state index in [1.54, 1.807) is 4.52 Å². The summed E-state index contributed by atoms with van der Waals surface area (Å²) in [5, 5.41) is 7.21. The number of rotatable bonds is 7. The van der Waals surface area contributed by atoms with E-state index >= 15 is 0 Å². The number of aromatic nitrogens is 4. The highest BCUT2D eigenvalue weighted by Crippen LogP contribution is 2.07. The molecule has 0 radical (unpaired) electrons. The predicted molar refractivity (Wildman–Crippen MR) is 85.9 cm³/mol. The summed E-state index contributed by atoms with van der Waals surface area (Å²) in [6, 6.07) is 2.05. The van der Waals surface area contributed by atoms with Crippen LogP contribution in [0.25, 0.3) is 5.78 Å². The van der Waals surface area contributed by atoms with Gasteiger partial charge in [0.25, 0.3) is 11.7 Å². The minimum absolute atomic E-state index is 0.131. The smallest absolute Gasteiger partial charge is 0.291 e. The van der Waals surface area contributed by atoms with Gasteiger partial charge < -0.3 is 5.32 Å². The average molecular weight is 303 g/mol. The van der Waals surface area contributed by atoms with Crippen molar-refractivity contribution >= 4 is 11.7 Å². The van der Waals surface area contributed by atoms with Crippen LogP contribution in [0.3, 0.4) is 0 Å². The Labute approximate surface area is 131 Å². The van der Waals surface area contributed by atoms with Crippen LogP contribution in [0.2, 0.25) is 0 Å². The first kappa shape index (κ1) is 16.4. The first-order chi connectivity index (χ1) is 10.5. The van der Waals surface area contributed by atoms with E-state index in [0.717, 1.165) is 24.2 Å². The number of fused-ring (bicyclic) bond motifs is 1. The maximum absolute atomic E-state index is 12.2. The summed E-state index contributed by atoms with van der Waals surface area (Å²) in [5.41, 5.74) is 1.79. The molecule has 0 fully saturated rings. The second-order valence-electron chi connectivity index (χ2n) is 5.91. The van der Waals surface area contributed by atoms with Gasteiger partial charge in [-0.15, -0.1) is 5.10 Å². The van der Waals surface area contributed by atoms with Crippen molar-refractivity contribution in [3.8, 4) is 0 Å². The van der Waals surface area contributed by atoms with Crippen molar-refractivity contribution in [3.05, 3.63) is 23.3 Å². The minimum atomic E-state index is -0.231. The molecular weight excluding hydrogens is 278 g/mol. The van der Waals surface area contributed by atoms with Crippen molar-refractivity contribution in [2.45, 2.75) is 65.8 Å². The first-order valence-corrected chi connectivity index (χ1v) is 8.03. The van der Waals surface area contributed by atoms with Gasteiger partial charge in [0, 0.05) is 17.4 Å².